The van der Waals surface area contributed by atoms with E-state index in [4.69, 9.17) is 18.6 Å². The van der Waals surface area contributed by atoms with E-state index in [0.717, 1.165) is 56.1 Å². The van der Waals surface area contributed by atoms with Crippen LogP contribution in [0.4, 0.5) is 0 Å². The van der Waals surface area contributed by atoms with Gasteiger partial charge in [-0.05, 0) is 25.0 Å². The van der Waals surface area contributed by atoms with Gasteiger partial charge in [0.15, 0.2) is 0 Å². The van der Waals surface area contributed by atoms with Gasteiger partial charge in [-0.25, -0.2) is 0 Å². The Morgan fingerprint density at radius 2 is 2.08 bits per heavy atom. The Morgan fingerprint density at radius 3 is 2.75 bits per heavy atom. The SMILES string of the molecule is COc1ccc(CN(Cc2ccoc2)CC2CCCO2)c(OC)c1. The number of rotatable bonds is 8. The van der Waals surface area contributed by atoms with Gasteiger partial charge in [-0.1, -0.05) is 6.07 Å². The molecular weight excluding hydrogens is 306 g/mol. The van der Waals surface area contributed by atoms with Crippen molar-refractivity contribution in [3.63, 3.8) is 0 Å². The Hall–Kier alpha value is -1.98. The van der Waals surface area contributed by atoms with Crippen LogP contribution in [0.2, 0.25) is 0 Å². The Morgan fingerprint density at radius 1 is 1.17 bits per heavy atom. The zero-order chi connectivity index (χ0) is 16.8. The highest BCUT2D eigenvalue weighted by atomic mass is 16.5. The number of benzene rings is 1. The molecule has 1 saturated heterocycles. The lowest BCUT2D eigenvalue weighted by molar-refractivity contribution is 0.0675. The maximum atomic E-state index is 5.82. The number of methoxy groups -OCH3 is 2. The summed E-state index contributed by atoms with van der Waals surface area (Å²) in [6, 6.07) is 7.97. The van der Waals surface area contributed by atoms with Gasteiger partial charge in [0.2, 0.25) is 0 Å². The standard InChI is InChI=1S/C19H25NO4/c1-21-17-6-5-16(19(10-17)22-2)12-20(11-15-7-9-23-14-15)13-18-4-3-8-24-18/h5-7,9-10,14,18H,3-4,8,11-13H2,1-2H3. The third-order valence-corrected chi connectivity index (χ3v) is 4.36. The first kappa shape index (κ1) is 16.9. The fraction of sp³-hybridized carbons (Fsp3) is 0.474. The molecule has 0 bridgehead atoms. The third kappa shape index (κ3) is 4.30. The van der Waals surface area contributed by atoms with Gasteiger partial charge in [0.25, 0.3) is 0 Å². The largest absolute Gasteiger partial charge is 0.497 e. The van der Waals surface area contributed by atoms with Gasteiger partial charge in [0.05, 0.1) is 32.8 Å². The lowest BCUT2D eigenvalue weighted by Gasteiger charge is -2.25. The molecule has 0 aliphatic carbocycles. The van der Waals surface area contributed by atoms with Crippen LogP contribution < -0.4 is 9.47 Å². The lowest BCUT2D eigenvalue weighted by atomic mass is 10.1. The lowest BCUT2D eigenvalue weighted by Crippen LogP contribution is -2.31. The number of ether oxygens (including phenoxy) is 3. The van der Waals surface area contributed by atoms with E-state index in [0.29, 0.717) is 6.10 Å². The molecule has 2 heterocycles. The summed E-state index contributed by atoms with van der Waals surface area (Å²) < 4.78 is 21.8. The van der Waals surface area contributed by atoms with E-state index in [9.17, 15) is 0 Å². The first-order valence-corrected chi connectivity index (χ1v) is 8.34. The van der Waals surface area contributed by atoms with Crippen LogP contribution in [0.3, 0.4) is 0 Å². The summed E-state index contributed by atoms with van der Waals surface area (Å²) in [5, 5.41) is 0. The molecule has 24 heavy (non-hydrogen) atoms. The second-order valence-corrected chi connectivity index (χ2v) is 6.11. The molecule has 1 aliphatic heterocycles. The van der Waals surface area contributed by atoms with E-state index >= 15 is 0 Å². The van der Waals surface area contributed by atoms with Crippen LogP contribution in [-0.2, 0) is 17.8 Å². The first-order chi connectivity index (χ1) is 11.8. The molecule has 3 rings (SSSR count). The maximum absolute atomic E-state index is 5.82. The monoisotopic (exact) mass is 331 g/mol. The zero-order valence-electron chi connectivity index (χ0n) is 14.4. The molecule has 1 unspecified atom stereocenters. The van der Waals surface area contributed by atoms with Crippen molar-refractivity contribution in [3.05, 3.63) is 47.9 Å². The molecule has 2 aromatic rings. The molecule has 0 N–H and O–H groups in total. The number of furan rings is 1. The van der Waals surface area contributed by atoms with E-state index in [2.05, 4.69) is 11.0 Å². The van der Waals surface area contributed by atoms with E-state index in [1.165, 1.54) is 5.56 Å². The van der Waals surface area contributed by atoms with E-state index in [-0.39, 0.29) is 0 Å². The Balaban J connectivity index is 1.74. The fourth-order valence-corrected chi connectivity index (χ4v) is 3.13. The van der Waals surface area contributed by atoms with Crippen molar-refractivity contribution in [3.8, 4) is 11.5 Å². The fourth-order valence-electron chi connectivity index (χ4n) is 3.13. The predicted molar refractivity (Wildman–Crippen MR) is 91.3 cm³/mol. The molecule has 1 aliphatic rings. The van der Waals surface area contributed by atoms with Gasteiger partial charge in [-0.3, -0.25) is 4.90 Å². The average molecular weight is 331 g/mol. The Kier molecular flexibility index (Phi) is 5.77. The van der Waals surface area contributed by atoms with Crippen LogP contribution in [0.15, 0.2) is 41.2 Å². The quantitative estimate of drug-likeness (QED) is 0.741. The van der Waals surface area contributed by atoms with Gasteiger partial charge in [0, 0.05) is 43.4 Å². The van der Waals surface area contributed by atoms with Gasteiger partial charge in [-0.15, -0.1) is 0 Å². The normalized spacial score (nSPS) is 17.4. The van der Waals surface area contributed by atoms with Crippen molar-refractivity contribution in [2.75, 3.05) is 27.4 Å². The summed E-state index contributed by atoms with van der Waals surface area (Å²) in [5.41, 5.74) is 2.31. The van der Waals surface area contributed by atoms with E-state index < -0.39 is 0 Å². The molecule has 0 spiro atoms. The zero-order valence-corrected chi connectivity index (χ0v) is 14.4. The average Bonchev–Trinajstić information content (AvgIpc) is 3.29. The van der Waals surface area contributed by atoms with Crippen molar-refractivity contribution in [2.45, 2.75) is 32.0 Å². The summed E-state index contributed by atoms with van der Waals surface area (Å²) in [4.78, 5) is 2.38. The number of hydrogen-bond donors (Lipinski definition) is 0. The van der Waals surface area contributed by atoms with Crippen LogP contribution in [0.25, 0.3) is 0 Å². The predicted octanol–water partition coefficient (Wildman–Crippen LogP) is 3.48. The van der Waals surface area contributed by atoms with Crippen molar-refractivity contribution in [1.82, 2.24) is 4.90 Å². The van der Waals surface area contributed by atoms with E-state index in [1.807, 2.05) is 18.2 Å². The molecule has 0 amide bonds. The minimum atomic E-state index is 0.307. The molecule has 0 saturated carbocycles. The number of hydrogen-bond acceptors (Lipinski definition) is 5. The van der Waals surface area contributed by atoms with Crippen LogP contribution in [0.5, 0.6) is 11.5 Å². The van der Waals surface area contributed by atoms with Gasteiger partial charge >= 0.3 is 0 Å². The maximum Gasteiger partial charge on any atom is 0.127 e. The molecule has 1 aromatic heterocycles. The molecule has 1 fully saturated rings. The molecular formula is C19H25NO4. The van der Waals surface area contributed by atoms with Crippen molar-refractivity contribution in [1.29, 1.82) is 0 Å². The number of nitrogens with zero attached hydrogens (tertiary/aromatic N) is 1. The Bertz CT molecular complexity index is 620. The van der Waals surface area contributed by atoms with Crippen molar-refractivity contribution < 1.29 is 18.6 Å². The smallest absolute Gasteiger partial charge is 0.127 e. The summed E-state index contributed by atoms with van der Waals surface area (Å²) in [5.74, 6) is 1.65. The topological polar surface area (TPSA) is 44.1 Å². The van der Waals surface area contributed by atoms with Crippen molar-refractivity contribution in [2.24, 2.45) is 0 Å². The minimum Gasteiger partial charge on any atom is -0.497 e. The molecule has 0 radical (unpaired) electrons. The van der Waals surface area contributed by atoms with Gasteiger partial charge < -0.3 is 18.6 Å². The summed E-state index contributed by atoms with van der Waals surface area (Å²) in [7, 11) is 3.36. The summed E-state index contributed by atoms with van der Waals surface area (Å²) in [6.45, 7) is 3.39. The highest BCUT2D eigenvalue weighted by Crippen LogP contribution is 2.27. The van der Waals surface area contributed by atoms with Gasteiger partial charge in [-0.2, -0.15) is 0 Å². The molecule has 130 valence electrons. The van der Waals surface area contributed by atoms with E-state index in [1.54, 1.807) is 26.7 Å². The summed E-state index contributed by atoms with van der Waals surface area (Å²) >= 11 is 0. The minimum absolute atomic E-state index is 0.307. The van der Waals surface area contributed by atoms with Crippen LogP contribution in [-0.4, -0.2) is 38.4 Å². The third-order valence-electron chi connectivity index (χ3n) is 4.36. The second-order valence-electron chi connectivity index (χ2n) is 6.11. The summed E-state index contributed by atoms with van der Waals surface area (Å²) in [6.07, 6.45) is 6.10. The van der Waals surface area contributed by atoms with Crippen LogP contribution in [0.1, 0.15) is 24.0 Å². The van der Waals surface area contributed by atoms with Crippen molar-refractivity contribution >= 4 is 0 Å². The second kappa shape index (κ2) is 8.22. The molecule has 1 aromatic carbocycles. The highest BCUT2D eigenvalue weighted by molar-refractivity contribution is 5.40. The first-order valence-electron chi connectivity index (χ1n) is 8.34. The molecule has 5 heteroatoms. The highest BCUT2D eigenvalue weighted by Gasteiger charge is 2.21. The Labute approximate surface area is 143 Å². The van der Waals surface area contributed by atoms with Crippen LogP contribution >= 0.6 is 0 Å². The molecule has 1 atom stereocenters. The van der Waals surface area contributed by atoms with Crippen LogP contribution in [0, 0.1) is 0 Å². The van der Waals surface area contributed by atoms with Gasteiger partial charge in [0.1, 0.15) is 11.5 Å². The molecule has 5 nitrogen and oxygen atoms in total.